The number of carbonyl (C=O) groups excluding carboxylic acids is 1. The zero-order valence-electron chi connectivity index (χ0n) is 17.4. The number of nitrogens with two attached hydrogens (primary N) is 1. The first-order chi connectivity index (χ1) is 15.2. The topological polar surface area (TPSA) is 84.6 Å². The van der Waals surface area contributed by atoms with Gasteiger partial charge in [-0.25, -0.2) is 0 Å². The number of halogens is 3. The fourth-order valence-corrected chi connectivity index (χ4v) is 3.06. The van der Waals surface area contributed by atoms with Crippen LogP contribution in [0, 0.1) is 6.92 Å². The summed E-state index contributed by atoms with van der Waals surface area (Å²) in [6.07, 6.45) is -3.84. The molecule has 0 aromatic heterocycles. The minimum absolute atomic E-state index is 0.125. The number of rotatable bonds is 7. The van der Waals surface area contributed by atoms with Gasteiger partial charge in [0.25, 0.3) is 5.91 Å². The van der Waals surface area contributed by atoms with Gasteiger partial charge in [-0.05, 0) is 79.5 Å². The molecule has 8 heteroatoms. The van der Waals surface area contributed by atoms with E-state index in [0.717, 1.165) is 12.1 Å². The molecule has 0 atom stereocenters. The number of alkyl halides is 3. The highest BCUT2D eigenvalue weighted by molar-refractivity contribution is 6.05. The molecule has 0 aliphatic heterocycles. The quantitative estimate of drug-likeness (QED) is 0.338. The van der Waals surface area contributed by atoms with Gasteiger partial charge < -0.3 is 20.9 Å². The van der Waals surface area contributed by atoms with E-state index in [1.54, 1.807) is 37.3 Å². The molecule has 0 bridgehead atoms. The molecule has 1 amide bonds. The van der Waals surface area contributed by atoms with Crippen molar-refractivity contribution >= 4 is 11.6 Å². The summed E-state index contributed by atoms with van der Waals surface area (Å²) in [7, 11) is 0. The van der Waals surface area contributed by atoms with Crippen molar-refractivity contribution in [3.8, 4) is 22.6 Å². The van der Waals surface area contributed by atoms with Gasteiger partial charge >= 0.3 is 6.18 Å². The Balaban J connectivity index is 1.90. The van der Waals surface area contributed by atoms with Crippen molar-refractivity contribution in [2.45, 2.75) is 19.5 Å². The van der Waals surface area contributed by atoms with E-state index in [4.69, 9.17) is 10.5 Å². The van der Waals surface area contributed by atoms with Crippen LogP contribution in [0.4, 0.5) is 18.9 Å². The number of amides is 1. The zero-order chi connectivity index (χ0) is 23.3. The fourth-order valence-electron chi connectivity index (χ4n) is 3.06. The van der Waals surface area contributed by atoms with Gasteiger partial charge in [0.1, 0.15) is 11.5 Å². The summed E-state index contributed by atoms with van der Waals surface area (Å²) in [4.78, 5) is 12.7. The van der Waals surface area contributed by atoms with Crippen molar-refractivity contribution in [2.75, 3.05) is 18.5 Å². The van der Waals surface area contributed by atoms with Gasteiger partial charge in [0.05, 0.1) is 12.2 Å². The predicted molar refractivity (Wildman–Crippen MR) is 117 cm³/mol. The highest BCUT2D eigenvalue weighted by Gasteiger charge is 2.30. The average Bonchev–Trinajstić information content (AvgIpc) is 2.76. The Kier molecular flexibility index (Phi) is 7.05. The summed E-state index contributed by atoms with van der Waals surface area (Å²) in [6.45, 7) is 2.43. The Morgan fingerprint density at radius 2 is 1.78 bits per heavy atom. The van der Waals surface area contributed by atoms with E-state index in [1.807, 2.05) is 0 Å². The van der Waals surface area contributed by atoms with Gasteiger partial charge in [0.15, 0.2) is 0 Å². The number of carbonyl (C=O) groups is 1. The molecular weight excluding hydrogens is 421 g/mol. The van der Waals surface area contributed by atoms with E-state index in [-0.39, 0.29) is 5.75 Å². The smallest absolute Gasteiger partial charge is 0.416 e. The molecule has 0 radical (unpaired) electrons. The maximum absolute atomic E-state index is 12.9. The van der Waals surface area contributed by atoms with Gasteiger partial charge in [-0.15, -0.1) is 0 Å². The Bertz CT molecular complexity index is 1100. The number of aryl methyl sites for hydroxylation is 1. The van der Waals surface area contributed by atoms with Crippen LogP contribution >= 0.6 is 0 Å². The Labute approximate surface area is 183 Å². The molecule has 5 nitrogen and oxygen atoms in total. The molecule has 0 aliphatic carbocycles. The van der Waals surface area contributed by atoms with E-state index in [2.05, 4.69) is 5.32 Å². The monoisotopic (exact) mass is 444 g/mol. The second-order valence-corrected chi connectivity index (χ2v) is 7.23. The highest BCUT2D eigenvalue weighted by Crippen LogP contribution is 2.35. The first-order valence-corrected chi connectivity index (χ1v) is 9.94. The van der Waals surface area contributed by atoms with Crippen molar-refractivity contribution in [2.24, 2.45) is 5.73 Å². The van der Waals surface area contributed by atoms with Crippen molar-refractivity contribution < 1.29 is 27.8 Å². The lowest BCUT2D eigenvalue weighted by Gasteiger charge is -2.15. The maximum Gasteiger partial charge on any atom is 0.416 e. The molecular formula is C24H23F3N2O3. The predicted octanol–water partition coefficient (Wildman–Crippen LogP) is 5.37. The van der Waals surface area contributed by atoms with E-state index < -0.39 is 17.6 Å². The molecule has 3 aromatic rings. The van der Waals surface area contributed by atoms with Crippen molar-refractivity contribution in [1.82, 2.24) is 0 Å². The second-order valence-electron chi connectivity index (χ2n) is 7.23. The molecule has 0 unspecified atom stereocenters. The number of phenolic OH excluding ortho intramolecular Hbond substituents is 1. The van der Waals surface area contributed by atoms with E-state index in [9.17, 15) is 23.1 Å². The molecule has 4 N–H and O–H groups in total. The van der Waals surface area contributed by atoms with Crippen LogP contribution in [-0.4, -0.2) is 24.2 Å². The standard InChI is InChI=1S/C24H23F3N2O3/c1-15-13-19(8-10-21(15)30)29-23(31)17-5-9-20(22(14-17)32-12-2-11-28)16-3-6-18(7-4-16)24(25,26)27/h3-10,13-14,30H,2,11-12,28H2,1H3,(H,29,31). The number of aromatic hydroxyl groups is 1. The van der Waals surface area contributed by atoms with Gasteiger partial charge in [-0.2, -0.15) is 13.2 Å². The molecule has 0 saturated carbocycles. The molecule has 168 valence electrons. The van der Waals surface area contributed by atoms with E-state index >= 15 is 0 Å². The lowest BCUT2D eigenvalue weighted by Crippen LogP contribution is -2.13. The van der Waals surface area contributed by atoms with Crippen molar-refractivity contribution in [1.29, 1.82) is 0 Å². The first-order valence-electron chi connectivity index (χ1n) is 9.94. The first kappa shape index (κ1) is 23.1. The zero-order valence-corrected chi connectivity index (χ0v) is 17.4. The SMILES string of the molecule is Cc1cc(NC(=O)c2ccc(-c3ccc(C(F)(F)F)cc3)c(OCCCN)c2)ccc1O. The van der Waals surface area contributed by atoms with Crippen molar-refractivity contribution in [3.05, 3.63) is 77.4 Å². The molecule has 0 aliphatic rings. The van der Waals surface area contributed by atoms with Crippen LogP contribution in [0.5, 0.6) is 11.5 Å². The summed E-state index contributed by atoms with van der Waals surface area (Å²) >= 11 is 0. The van der Waals surface area contributed by atoms with Crippen LogP contribution in [0.25, 0.3) is 11.1 Å². The minimum atomic E-state index is -4.42. The molecule has 0 heterocycles. The normalized spacial score (nSPS) is 11.3. The summed E-state index contributed by atoms with van der Waals surface area (Å²) < 4.78 is 44.4. The molecule has 3 rings (SSSR count). The minimum Gasteiger partial charge on any atom is -0.508 e. The fraction of sp³-hybridized carbons (Fsp3) is 0.208. The van der Waals surface area contributed by atoms with Gasteiger partial charge in [0, 0.05) is 16.8 Å². The number of benzene rings is 3. The molecule has 32 heavy (non-hydrogen) atoms. The third-order valence-corrected chi connectivity index (χ3v) is 4.83. The molecule has 3 aromatic carbocycles. The number of hydrogen-bond acceptors (Lipinski definition) is 4. The number of anilines is 1. The number of nitrogens with one attached hydrogen (secondary N) is 1. The van der Waals surface area contributed by atoms with Crippen LogP contribution < -0.4 is 15.8 Å². The van der Waals surface area contributed by atoms with Crippen LogP contribution in [0.15, 0.2) is 60.7 Å². The van der Waals surface area contributed by atoms with E-state index in [0.29, 0.717) is 53.3 Å². The lowest BCUT2D eigenvalue weighted by atomic mass is 10.0. The summed E-state index contributed by atoms with van der Waals surface area (Å²) in [5.41, 5.74) is 7.31. The van der Waals surface area contributed by atoms with Crippen LogP contribution in [0.2, 0.25) is 0 Å². The average molecular weight is 444 g/mol. The number of hydrogen-bond donors (Lipinski definition) is 3. The third kappa shape index (κ3) is 5.59. The Hall–Kier alpha value is -3.52. The second kappa shape index (κ2) is 9.74. The largest absolute Gasteiger partial charge is 0.508 e. The highest BCUT2D eigenvalue weighted by atomic mass is 19.4. The number of phenols is 1. The lowest BCUT2D eigenvalue weighted by molar-refractivity contribution is -0.137. The van der Waals surface area contributed by atoms with Gasteiger partial charge in [0.2, 0.25) is 0 Å². The molecule has 0 fully saturated rings. The maximum atomic E-state index is 12.9. The van der Waals surface area contributed by atoms with E-state index in [1.165, 1.54) is 18.2 Å². The van der Waals surface area contributed by atoms with Gasteiger partial charge in [-0.3, -0.25) is 4.79 Å². The molecule has 0 saturated heterocycles. The van der Waals surface area contributed by atoms with Crippen LogP contribution in [0.3, 0.4) is 0 Å². The van der Waals surface area contributed by atoms with Crippen LogP contribution in [0.1, 0.15) is 27.9 Å². The summed E-state index contributed by atoms with van der Waals surface area (Å²) in [6, 6.07) is 14.2. The third-order valence-electron chi connectivity index (χ3n) is 4.83. The summed E-state index contributed by atoms with van der Waals surface area (Å²) in [5, 5.41) is 12.4. The number of ether oxygens (including phenoxy) is 1. The molecule has 0 spiro atoms. The van der Waals surface area contributed by atoms with Crippen molar-refractivity contribution in [3.63, 3.8) is 0 Å². The van der Waals surface area contributed by atoms with Gasteiger partial charge in [-0.1, -0.05) is 12.1 Å². The Morgan fingerprint density at radius 1 is 1.06 bits per heavy atom. The van der Waals surface area contributed by atoms with Crippen LogP contribution in [-0.2, 0) is 6.18 Å². The Morgan fingerprint density at radius 3 is 2.41 bits per heavy atom. The summed E-state index contributed by atoms with van der Waals surface area (Å²) in [5.74, 6) is 0.102.